The summed E-state index contributed by atoms with van der Waals surface area (Å²) in [5, 5.41) is 9.55. The summed E-state index contributed by atoms with van der Waals surface area (Å²) in [4.78, 5) is 36.6. The van der Waals surface area contributed by atoms with E-state index in [0.29, 0.717) is 19.3 Å². The van der Waals surface area contributed by atoms with Gasteiger partial charge in [0.25, 0.3) is 0 Å². The Morgan fingerprint density at radius 2 is 1.13 bits per heavy atom. The number of hydrogen-bond donors (Lipinski definition) is 1. The maximum atomic E-state index is 12.6. The molecule has 0 bridgehead atoms. The highest BCUT2D eigenvalue weighted by atomic mass is 16.6. The number of carbonyl (C=O) groups is 3. The SMILES string of the molecule is CCCCC/C=C\C/C=C\CCCCCCCCCC(=O)OC(COCCC(C(=O)O)[N+](C)(C)C)COC(=O)CCCCCCCC. The molecule has 0 rings (SSSR count). The van der Waals surface area contributed by atoms with Crippen molar-refractivity contribution in [2.75, 3.05) is 41.0 Å². The Labute approximate surface area is 288 Å². The van der Waals surface area contributed by atoms with Crippen LogP contribution in [0.1, 0.15) is 155 Å². The van der Waals surface area contributed by atoms with Crippen molar-refractivity contribution in [3.8, 4) is 0 Å². The van der Waals surface area contributed by atoms with Crippen LogP contribution in [0.15, 0.2) is 24.3 Å². The van der Waals surface area contributed by atoms with E-state index in [9.17, 15) is 19.5 Å². The van der Waals surface area contributed by atoms with Crippen molar-refractivity contribution in [2.45, 2.75) is 167 Å². The maximum absolute atomic E-state index is 12.6. The number of nitrogens with zero attached hydrogens (tertiary/aromatic N) is 1. The molecule has 0 heterocycles. The quantitative estimate of drug-likeness (QED) is 0.0322. The predicted molar refractivity (Wildman–Crippen MR) is 192 cm³/mol. The van der Waals surface area contributed by atoms with Crippen LogP contribution in [0.2, 0.25) is 0 Å². The predicted octanol–water partition coefficient (Wildman–Crippen LogP) is 9.35. The van der Waals surface area contributed by atoms with Crippen molar-refractivity contribution >= 4 is 17.9 Å². The molecule has 0 aliphatic carbocycles. The summed E-state index contributed by atoms with van der Waals surface area (Å²) >= 11 is 0. The molecule has 8 nitrogen and oxygen atoms in total. The molecule has 0 aliphatic heterocycles. The topological polar surface area (TPSA) is 99.1 Å². The molecule has 274 valence electrons. The lowest BCUT2D eigenvalue weighted by atomic mass is 10.1. The summed E-state index contributed by atoms with van der Waals surface area (Å²) in [5.41, 5.74) is 0. The van der Waals surface area contributed by atoms with Gasteiger partial charge in [-0.15, -0.1) is 0 Å². The van der Waals surface area contributed by atoms with E-state index in [2.05, 4.69) is 38.2 Å². The van der Waals surface area contributed by atoms with Crippen LogP contribution in [-0.2, 0) is 28.6 Å². The van der Waals surface area contributed by atoms with Crippen molar-refractivity contribution in [2.24, 2.45) is 0 Å². The van der Waals surface area contributed by atoms with E-state index in [-0.39, 0.29) is 36.2 Å². The van der Waals surface area contributed by atoms with Crippen LogP contribution in [0.3, 0.4) is 0 Å². The third-order valence-electron chi connectivity index (χ3n) is 8.35. The second-order valence-electron chi connectivity index (χ2n) is 13.8. The zero-order valence-corrected chi connectivity index (χ0v) is 31.0. The molecule has 0 aromatic rings. The van der Waals surface area contributed by atoms with E-state index >= 15 is 0 Å². The van der Waals surface area contributed by atoms with E-state index in [1.54, 1.807) is 0 Å². The van der Waals surface area contributed by atoms with Gasteiger partial charge in [0.2, 0.25) is 0 Å². The summed E-state index contributed by atoms with van der Waals surface area (Å²) < 4.78 is 17.1. The first-order valence-corrected chi connectivity index (χ1v) is 18.9. The van der Waals surface area contributed by atoms with Crippen LogP contribution in [-0.4, -0.2) is 80.6 Å². The first kappa shape index (κ1) is 44.8. The van der Waals surface area contributed by atoms with Crippen LogP contribution in [0.25, 0.3) is 0 Å². The molecule has 2 atom stereocenters. The van der Waals surface area contributed by atoms with Gasteiger partial charge in [0.1, 0.15) is 6.61 Å². The van der Waals surface area contributed by atoms with Gasteiger partial charge in [-0.25, -0.2) is 4.79 Å². The first-order valence-electron chi connectivity index (χ1n) is 18.9. The van der Waals surface area contributed by atoms with Gasteiger partial charge >= 0.3 is 17.9 Å². The van der Waals surface area contributed by atoms with Crippen LogP contribution in [0.5, 0.6) is 0 Å². The van der Waals surface area contributed by atoms with Gasteiger partial charge in [-0.3, -0.25) is 9.59 Å². The van der Waals surface area contributed by atoms with Crippen molar-refractivity contribution in [3.05, 3.63) is 24.3 Å². The third kappa shape index (κ3) is 29.7. The van der Waals surface area contributed by atoms with E-state index in [1.165, 1.54) is 70.6 Å². The molecule has 1 N–H and O–H groups in total. The molecule has 0 aromatic carbocycles. The molecule has 8 heteroatoms. The van der Waals surface area contributed by atoms with Crippen LogP contribution in [0.4, 0.5) is 0 Å². The Morgan fingerprint density at radius 3 is 1.68 bits per heavy atom. The number of esters is 2. The number of carboxylic acid groups (broad SMARTS) is 1. The summed E-state index contributed by atoms with van der Waals surface area (Å²) in [6.45, 7) is 4.63. The van der Waals surface area contributed by atoms with Crippen molar-refractivity contribution < 1.29 is 38.2 Å². The van der Waals surface area contributed by atoms with Gasteiger partial charge in [-0.05, 0) is 44.9 Å². The molecular weight excluding hydrogens is 594 g/mol. The fourth-order valence-electron chi connectivity index (χ4n) is 5.35. The lowest BCUT2D eigenvalue weighted by molar-refractivity contribution is -0.887. The molecule has 0 aliphatic rings. The number of carbonyl (C=O) groups excluding carboxylic acids is 2. The molecule has 0 spiro atoms. The third-order valence-corrected chi connectivity index (χ3v) is 8.35. The molecule has 47 heavy (non-hydrogen) atoms. The minimum Gasteiger partial charge on any atom is -0.477 e. The number of carboxylic acids is 1. The molecule has 0 aromatic heterocycles. The van der Waals surface area contributed by atoms with Crippen molar-refractivity contribution in [1.29, 1.82) is 0 Å². The summed E-state index contributed by atoms with van der Waals surface area (Å²) in [7, 11) is 5.51. The average Bonchev–Trinajstić information content (AvgIpc) is 3.01. The summed E-state index contributed by atoms with van der Waals surface area (Å²) in [6.07, 6.45) is 30.9. The second kappa shape index (κ2) is 31.1. The smallest absolute Gasteiger partial charge is 0.362 e. The molecule has 0 saturated carbocycles. The molecule has 2 unspecified atom stereocenters. The van der Waals surface area contributed by atoms with Gasteiger partial charge in [-0.2, -0.15) is 0 Å². The highest BCUT2D eigenvalue weighted by molar-refractivity contribution is 5.72. The van der Waals surface area contributed by atoms with Crippen LogP contribution in [0, 0.1) is 0 Å². The summed E-state index contributed by atoms with van der Waals surface area (Å²) in [6, 6.07) is -0.611. The largest absolute Gasteiger partial charge is 0.477 e. The minimum atomic E-state index is -0.878. The average molecular weight is 667 g/mol. The zero-order chi connectivity index (χ0) is 35.0. The number of unbranched alkanes of at least 4 members (excludes halogenated alkanes) is 15. The Morgan fingerprint density at radius 1 is 0.638 bits per heavy atom. The number of hydrogen-bond acceptors (Lipinski definition) is 6. The Bertz CT molecular complexity index is 834. The summed E-state index contributed by atoms with van der Waals surface area (Å²) in [5.74, 6) is -1.49. The van der Waals surface area contributed by atoms with E-state index < -0.39 is 18.1 Å². The highest BCUT2D eigenvalue weighted by Crippen LogP contribution is 2.13. The van der Waals surface area contributed by atoms with E-state index in [4.69, 9.17) is 14.2 Å². The number of allylic oxidation sites excluding steroid dienone is 4. The van der Waals surface area contributed by atoms with Gasteiger partial charge < -0.3 is 23.8 Å². The molecule has 0 saturated heterocycles. The number of ether oxygens (including phenoxy) is 3. The van der Waals surface area contributed by atoms with Crippen LogP contribution >= 0.6 is 0 Å². The lowest BCUT2D eigenvalue weighted by Crippen LogP contribution is -2.50. The Balaban J connectivity index is 4.33. The highest BCUT2D eigenvalue weighted by Gasteiger charge is 2.31. The van der Waals surface area contributed by atoms with E-state index in [0.717, 1.165) is 51.4 Å². The molecule has 0 amide bonds. The van der Waals surface area contributed by atoms with Gasteiger partial charge in [0, 0.05) is 19.3 Å². The minimum absolute atomic E-state index is 0.0525. The molecular formula is C39H72NO7+. The van der Waals surface area contributed by atoms with Crippen molar-refractivity contribution in [1.82, 2.24) is 0 Å². The number of rotatable bonds is 33. The van der Waals surface area contributed by atoms with E-state index in [1.807, 2.05) is 21.1 Å². The normalized spacial score (nSPS) is 13.3. The lowest BCUT2D eigenvalue weighted by Gasteiger charge is -2.31. The zero-order valence-electron chi connectivity index (χ0n) is 31.0. The Kier molecular flexibility index (Phi) is 29.7. The number of likely N-dealkylation sites (N-methyl/N-ethyl adjacent to an activating group) is 1. The van der Waals surface area contributed by atoms with Gasteiger partial charge in [0.15, 0.2) is 12.1 Å². The second-order valence-corrected chi connectivity index (χ2v) is 13.8. The monoisotopic (exact) mass is 667 g/mol. The van der Waals surface area contributed by atoms with Crippen LogP contribution < -0.4 is 0 Å². The number of quaternary nitrogens is 1. The standard InChI is InChI=1S/C39H71NO7/c1-6-8-10-12-14-15-16-17-18-19-20-21-22-23-24-26-28-30-38(42)47-35(33-45-32-31-36(39(43)44)40(3,4)5)34-46-37(41)29-27-25-13-11-9-7-2/h14-15,17-18,35-36H,6-13,16,19-34H2,1-5H3/p+1/b15-14-,18-17-. The fraction of sp³-hybridized carbons (Fsp3) is 0.821. The van der Waals surface area contributed by atoms with Crippen molar-refractivity contribution in [3.63, 3.8) is 0 Å². The molecule has 0 fully saturated rings. The maximum Gasteiger partial charge on any atom is 0.362 e. The Hall–Kier alpha value is -2.19. The fourth-order valence-corrected chi connectivity index (χ4v) is 5.35. The first-order chi connectivity index (χ1) is 22.6. The molecule has 0 radical (unpaired) electrons. The van der Waals surface area contributed by atoms with Gasteiger partial charge in [0.05, 0.1) is 34.4 Å². The van der Waals surface area contributed by atoms with Gasteiger partial charge in [-0.1, -0.05) is 115 Å². The number of aliphatic carboxylic acids is 1.